The first kappa shape index (κ1) is 16.1. The second-order valence-electron chi connectivity index (χ2n) is 5.82. The molecule has 24 heavy (non-hydrogen) atoms. The van der Waals surface area contributed by atoms with Crippen LogP contribution in [0.2, 0.25) is 0 Å². The van der Waals surface area contributed by atoms with E-state index in [1.54, 1.807) is 4.90 Å². The molecule has 1 unspecified atom stereocenters. The second-order valence-corrected chi connectivity index (χ2v) is 5.82. The summed E-state index contributed by atoms with van der Waals surface area (Å²) in [5.41, 5.74) is 2.79. The molecule has 1 aliphatic heterocycles. The molecule has 5 nitrogen and oxygen atoms in total. The molecule has 3 rings (SSSR count). The molecule has 1 heterocycles. The van der Waals surface area contributed by atoms with Crippen molar-refractivity contribution in [2.24, 2.45) is 0 Å². The van der Waals surface area contributed by atoms with Gasteiger partial charge in [-0.25, -0.2) is 4.79 Å². The summed E-state index contributed by atoms with van der Waals surface area (Å²) >= 11 is 0. The highest BCUT2D eigenvalue weighted by Gasteiger charge is 2.33. The van der Waals surface area contributed by atoms with E-state index in [0.717, 1.165) is 17.8 Å². The number of urea groups is 1. The average molecular weight is 323 g/mol. The minimum absolute atomic E-state index is 0.0716. The topological polar surface area (TPSA) is 61.4 Å². The monoisotopic (exact) mass is 323 g/mol. The van der Waals surface area contributed by atoms with Gasteiger partial charge in [-0.05, 0) is 42.7 Å². The van der Waals surface area contributed by atoms with Crippen molar-refractivity contribution in [2.45, 2.75) is 25.8 Å². The fourth-order valence-electron chi connectivity index (χ4n) is 2.83. The Hall–Kier alpha value is -2.82. The van der Waals surface area contributed by atoms with Crippen LogP contribution in [0.15, 0.2) is 54.6 Å². The molecule has 0 aliphatic carbocycles. The Morgan fingerprint density at radius 2 is 1.83 bits per heavy atom. The van der Waals surface area contributed by atoms with Crippen molar-refractivity contribution >= 4 is 23.3 Å². The van der Waals surface area contributed by atoms with E-state index >= 15 is 0 Å². The van der Waals surface area contributed by atoms with Gasteiger partial charge in [0, 0.05) is 17.9 Å². The number of carbonyl (C=O) groups is 2. The number of para-hydroxylation sites is 1. The first-order valence-corrected chi connectivity index (χ1v) is 8.20. The Bertz CT molecular complexity index is 713. The summed E-state index contributed by atoms with van der Waals surface area (Å²) < 4.78 is 0. The van der Waals surface area contributed by atoms with Crippen LogP contribution in [0, 0.1) is 0 Å². The van der Waals surface area contributed by atoms with Crippen LogP contribution in [0.3, 0.4) is 0 Å². The van der Waals surface area contributed by atoms with Crippen LogP contribution in [0.4, 0.5) is 16.2 Å². The van der Waals surface area contributed by atoms with Gasteiger partial charge in [-0.3, -0.25) is 4.79 Å². The average Bonchev–Trinajstić information content (AvgIpc) is 2.97. The summed E-state index contributed by atoms with van der Waals surface area (Å²) in [5, 5.41) is 5.54. The highest BCUT2D eigenvalue weighted by Crippen LogP contribution is 2.21. The minimum Gasteiger partial charge on any atom is -0.326 e. The summed E-state index contributed by atoms with van der Waals surface area (Å²) in [6, 6.07) is 16.4. The third-order valence-electron chi connectivity index (χ3n) is 4.20. The Labute approximate surface area is 141 Å². The van der Waals surface area contributed by atoms with Crippen molar-refractivity contribution in [1.29, 1.82) is 0 Å². The van der Waals surface area contributed by atoms with Crippen LogP contribution in [-0.4, -0.2) is 24.5 Å². The molecule has 2 aromatic rings. The molecular formula is C19H21N3O2. The van der Waals surface area contributed by atoms with Crippen LogP contribution < -0.4 is 15.5 Å². The van der Waals surface area contributed by atoms with Crippen LogP contribution >= 0.6 is 0 Å². The van der Waals surface area contributed by atoms with E-state index < -0.39 is 6.04 Å². The first-order chi connectivity index (χ1) is 11.7. The van der Waals surface area contributed by atoms with Gasteiger partial charge in [-0.15, -0.1) is 0 Å². The summed E-state index contributed by atoms with van der Waals surface area (Å²) in [4.78, 5) is 26.3. The maximum atomic E-state index is 12.5. The van der Waals surface area contributed by atoms with Gasteiger partial charge in [0.15, 0.2) is 0 Å². The number of hydrogen-bond acceptors (Lipinski definition) is 2. The van der Waals surface area contributed by atoms with E-state index in [-0.39, 0.29) is 11.9 Å². The Morgan fingerprint density at radius 1 is 1.12 bits per heavy atom. The van der Waals surface area contributed by atoms with Crippen molar-refractivity contribution in [3.05, 3.63) is 60.2 Å². The predicted molar refractivity (Wildman–Crippen MR) is 95.2 cm³/mol. The standard InChI is InChI=1S/C19H21N3O2/c1-2-14-8-10-15(11-9-14)20-19(24)21-17-12-13-22(18(17)23)16-6-4-3-5-7-16/h3-11,17H,2,12-13H2,1H3,(H2,20,21,24). The largest absolute Gasteiger partial charge is 0.326 e. The van der Waals surface area contributed by atoms with E-state index in [4.69, 9.17) is 0 Å². The van der Waals surface area contributed by atoms with Crippen molar-refractivity contribution in [3.63, 3.8) is 0 Å². The van der Waals surface area contributed by atoms with Gasteiger partial charge in [-0.1, -0.05) is 37.3 Å². The second kappa shape index (κ2) is 7.17. The number of carbonyl (C=O) groups excluding carboxylic acids is 2. The van der Waals surface area contributed by atoms with Gasteiger partial charge in [0.2, 0.25) is 5.91 Å². The normalized spacial score (nSPS) is 17.0. The first-order valence-electron chi connectivity index (χ1n) is 8.20. The Kier molecular flexibility index (Phi) is 4.79. The summed E-state index contributed by atoms with van der Waals surface area (Å²) in [5.74, 6) is -0.0716. The smallest absolute Gasteiger partial charge is 0.319 e. The molecule has 1 atom stereocenters. The highest BCUT2D eigenvalue weighted by atomic mass is 16.2. The zero-order chi connectivity index (χ0) is 16.9. The summed E-state index contributed by atoms with van der Waals surface area (Å²) in [6.45, 7) is 2.69. The van der Waals surface area contributed by atoms with Gasteiger partial charge in [-0.2, -0.15) is 0 Å². The van der Waals surface area contributed by atoms with Crippen molar-refractivity contribution < 1.29 is 9.59 Å². The van der Waals surface area contributed by atoms with Crippen LogP contribution in [0.1, 0.15) is 18.9 Å². The van der Waals surface area contributed by atoms with E-state index in [9.17, 15) is 9.59 Å². The number of hydrogen-bond donors (Lipinski definition) is 2. The molecule has 1 saturated heterocycles. The van der Waals surface area contributed by atoms with E-state index in [0.29, 0.717) is 13.0 Å². The van der Waals surface area contributed by atoms with E-state index in [2.05, 4.69) is 17.6 Å². The number of anilines is 2. The van der Waals surface area contributed by atoms with Crippen LogP contribution in [0.5, 0.6) is 0 Å². The molecule has 3 amide bonds. The molecule has 0 spiro atoms. The molecule has 5 heteroatoms. The third-order valence-corrected chi connectivity index (χ3v) is 4.20. The molecule has 0 aromatic heterocycles. The number of amides is 3. The maximum absolute atomic E-state index is 12.5. The van der Waals surface area contributed by atoms with Crippen molar-refractivity contribution in [3.8, 4) is 0 Å². The van der Waals surface area contributed by atoms with Gasteiger partial charge in [0.1, 0.15) is 6.04 Å². The highest BCUT2D eigenvalue weighted by molar-refractivity contribution is 6.02. The number of rotatable bonds is 4. The van der Waals surface area contributed by atoms with Crippen LogP contribution in [-0.2, 0) is 11.2 Å². The molecule has 124 valence electrons. The van der Waals surface area contributed by atoms with Gasteiger partial charge in [0.25, 0.3) is 0 Å². The number of benzene rings is 2. The number of nitrogens with one attached hydrogen (secondary N) is 2. The SMILES string of the molecule is CCc1ccc(NC(=O)NC2CCN(c3ccccc3)C2=O)cc1. The lowest BCUT2D eigenvalue weighted by Gasteiger charge is -2.17. The molecule has 0 saturated carbocycles. The fourth-order valence-corrected chi connectivity index (χ4v) is 2.83. The zero-order valence-corrected chi connectivity index (χ0v) is 13.7. The quantitative estimate of drug-likeness (QED) is 0.908. The Morgan fingerprint density at radius 3 is 2.50 bits per heavy atom. The van der Waals surface area contributed by atoms with Gasteiger partial charge >= 0.3 is 6.03 Å². The van der Waals surface area contributed by atoms with E-state index in [1.807, 2.05) is 54.6 Å². The summed E-state index contributed by atoms with van der Waals surface area (Å²) in [6.07, 6.45) is 1.56. The summed E-state index contributed by atoms with van der Waals surface area (Å²) in [7, 11) is 0. The molecular weight excluding hydrogens is 302 g/mol. The van der Waals surface area contributed by atoms with Crippen LogP contribution in [0.25, 0.3) is 0 Å². The van der Waals surface area contributed by atoms with Crippen molar-refractivity contribution in [1.82, 2.24) is 5.32 Å². The lowest BCUT2D eigenvalue weighted by atomic mass is 10.1. The minimum atomic E-state index is -0.486. The molecule has 2 N–H and O–H groups in total. The lowest BCUT2D eigenvalue weighted by Crippen LogP contribution is -2.43. The molecule has 1 fully saturated rings. The van der Waals surface area contributed by atoms with Gasteiger partial charge < -0.3 is 15.5 Å². The molecule has 1 aliphatic rings. The van der Waals surface area contributed by atoms with E-state index in [1.165, 1.54) is 5.56 Å². The van der Waals surface area contributed by atoms with Crippen molar-refractivity contribution in [2.75, 3.05) is 16.8 Å². The number of nitrogens with zero attached hydrogens (tertiary/aromatic N) is 1. The van der Waals surface area contributed by atoms with Gasteiger partial charge in [0.05, 0.1) is 0 Å². The predicted octanol–water partition coefficient (Wildman–Crippen LogP) is 3.18. The molecule has 0 radical (unpaired) electrons. The third kappa shape index (κ3) is 3.56. The molecule has 0 bridgehead atoms. The maximum Gasteiger partial charge on any atom is 0.319 e. The zero-order valence-electron chi connectivity index (χ0n) is 13.7. The fraction of sp³-hybridized carbons (Fsp3) is 0.263. The lowest BCUT2D eigenvalue weighted by molar-refractivity contribution is -0.118. The molecule has 2 aromatic carbocycles. The number of aryl methyl sites for hydroxylation is 1. The Balaban J connectivity index is 1.58.